The van der Waals surface area contributed by atoms with E-state index in [1.165, 1.54) is 12.1 Å². The first kappa shape index (κ1) is 15.2. The highest BCUT2D eigenvalue weighted by atomic mass is 79.9. The van der Waals surface area contributed by atoms with Crippen LogP contribution in [0.25, 0.3) is 0 Å². The van der Waals surface area contributed by atoms with Crippen LogP contribution in [-0.4, -0.2) is 31.6 Å². The number of nitrogens with one attached hydrogen (secondary N) is 1. The summed E-state index contributed by atoms with van der Waals surface area (Å²) >= 11 is 3.00. The second kappa shape index (κ2) is 6.49. The number of hydrogen-bond acceptors (Lipinski definition) is 4. The van der Waals surface area contributed by atoms with Gasteiger partial charge in [-0.2, -0.15) is 0 Å². The van der Waals surface area contributed by atoms with Gasteiger partial charge in [-0.3, -0.25) is 10.1 Å². The lowest BCUT2D eigenvalue weighted by molar-refractivity contribution is -0.384. The molecule has 20 heavy (non-hydrogen) atoms. The molecular formula is C13H17BrFN3O2. The number of halogens is 2. The summed E-state index contributed by atoms with van der Waals surface area (Å²) in [5.74, 6) is -0.0404. The fraction of sp³-hybridized carbons (Fsp3) is 0.538. The van der Waals surface area contributed by atoms with Crippen LogP contribution in [0, 0.1) is 21.8 Å². The molecule has 1 fully saturated rings. The molecule has 110 valence electrons. The Morgan fingerprint density at radius 3 is 3.00 bits per heavy atom. The minimum Gasteiger partial charge on any atom is -0.366 e. The van der Waals surface area contributed by atoms with Crippen molar-refractivity contribution in [1.29, 1.82) is 0 Å². The Labute approximate surface area is 125 Å². The highest BCUT2D eigenvalue weighted by Gasteiger charge is 2.26. The second-order valence-electron chi connectivity index (χ2n) is 5.02. The molecule has 1 aromatic carbocycles. The fourth-order valence-electron chi connectivity index (χ4n) is 2.66. The van der Waals surface area contributed by atoms with Crippen molar-refractivity contribution in [3.05, 3.63) is 32.5 Å². The lowest BCUT2D eigenvalue weighted by Gasteiger charge is -2.34. The SMILES string of the molecule is CNCC1CCCN(c2cc(F)c(Br)cc2[N+](=O)[O-])C1. The van der Waals surface area contributed by atoms with Crippen LogP contribution in [0.3, 0.4) is 0 Å². The van der Waals surface area contributed by atoms with Crippen LogP contribution in [-0.2, 0) is 0 Å². The third-order valence-electron chi connectivity index (χ3n) is 3.57. The normalized spacial score (nSPS) is 19.1. The third-order valence-corrected chi connectivity index (χ3v) is 4.17. The molecule has 1 aliphatic rings. The number of nitrogens with zero attached hydrogens (tertiary/aromatic N) is 2. The number of hydrogen-bond donors (Lipinski definition) is 1. The fourth-order valence-corrected chi connectivity index (χ4v) is 3.00. The first-order valence-electron chi connectivity index (χ1n) is 6.56. The zero-order chi connectivity index (χ0) is 14.7. The second-order valence-corrected chi connectivity index (χ2v) is 5.88. The molecule has 0 aliphatic carbocycles. The highest BCUT2D eigenvalue weighted by molar-refractivity contribution is 9.10. The van der Waals surface area contributed by atoms with E-state index in [2.05, 4.69) is 21.2 Å². The summed E-state index contributed by atoms with van der Waals surface area (Å²) in [6.07, 6.45) is 2.05. The molecule has 1 aliphatic heterocycles. The molecule has 0 bridgehead atoms. The van der Waals surface area contributed by atoms with Gasteiger partial charge in [-0.05, 0) is 48.3 Å². The van der Waals surface area contributed by atoms with Crippen LogP contribution in [0.15, 0.2) is 16.6 Å². The average Bonchev–Trinajstić information content (AvgIpc) is 2.42. The Bertz CT molecular complexity index is 511. The number of anilines is 1. The standard InChI is InChI=1S/C13H17BrFN3O2/c1-16-7-9-3-2-4-17(8-9)12-6-11(15)10(14)5-13(12)18(19)20/h5-6,9,16H,2-4,7-8H2,1H3. The molecule has 0 radical (unpaired) electrons. The Morgan fingerprint density at radius 1 is 1.60 bits per heavy atom. The van der Waals surface area contributed by atoms with Crippen LogP contribution < -0.4 is 10.2 Å². The van der Waals surface area contributed by atoms with Gasteiger partial charge in [0.25, 0.3) is 5.69 Å². The molecular weight excluding hydrogens is 329 g/mol. The Hall–Kier alpha value is -1.21. The van der Waals surface area contributed by atoms with Crippen molar-refractivity contribution in [3.63, 3.8) is 0 Å². The van der Waals surface area contributed by atoms with Gasteiger partial charge in [0, 0.05) is 25.2 Å². The van der Waals surface area contributed by atoms with Crippen molar-refractivity contribution in [2.45, 2.75) is 12.8 Å². The third kappa shape index (κ3) is 3.27. The maximum Gasteiger partial charge on any atom is 0.293 e. The summed E-state index contributed by atoms with van der Waals surface area (Å²) in [7, 11) is 1.89. The summed E-state index contributed by atoms with van der Waals surface area (Å²) in [4.78, 5) is 12.6. The average molecular weight is 346 g/mol. The predicted octanol–water partition coefficient (Wildman–Crippen LogP) is 2.93. The predicted molar refractivity (Wildman–Crippen MR) is 79.6 cm³/mol. The number of piperidine rings is 1. The number of nitro groups is 1. The molecule has 1 aromatic rings. The van der Waals surface area contributed by atoms with Crippen molar-refractivity contribution in [2.24, 2.45) is 5.92 Å². The molecule has 5 nitrogen and oxygen atoms in total. The summed E-state index contributed by atoms with van der Waals surface area (Å²) in [6.45, 7) is 2.30. The van der Waals surface area contributed by atoms with Gasteiger partial charge in [0.15, 0.2) is 0 Å². The zero-order valence-corrected chi connectivity index (χ0v) is 12.8. The maximum absolute atomic E-state index is 13.7. The molecule has 2 rings (SSSR count). The smallest absolute Gasteiger partial charge is 0.293 e. The lowest BCUT2D eigenvalue weighted by Crippen LogP contribution is -2.39. The number of nitro benzene ring substituents is 1. The van der Waals surface area contributed by atoms with Crippen molar-refractivity contribution >= 4 is 27.3 Å². The van der Waals surface area contributed by atoms with Gasteiger partial charge in [0.05, 0.1) is 9.40 Å². The van der Waals surface area contributed by atoms with E-state index in [1.807, 2.05) is 11.9 Å². The van der Waals surface area contributed by atoms with Gasteiger partial charge in [-0.25, -0.2) is 4.39 Å². The Kier molecular flexibility index (Phi) is 4.93. The molecule has 0 spiro atoms. The minimum atomic E-state index is -0.471. The van der Waals surface area contributed by atoms with Crippen LogP contribution in [0.4, 0.5) is 15.8 Å². The van der Waals surface area contributed by atoms with Crippen LogP contribution in [0.5, 0.6) is 0 Å². The molecule has 0 saturated carbocycles. The minimum absolute atomic E-state index is 0.0524. The summed E-state index contributed by atoms with van der Waals surface area (Å²) < 4.78 is 13.8. The van der Waals surface area contributed by atoms with E-state index in [4.69, 9.17) is 0 Å². The highest BCUT2D eigenvalue weighted by Crippen LogP contribution is 2.35. The summed E-state index contributed by atoms with van der Waals surface area (Å²) in [5, 5.41) is 14.3. The van der Waals surface area contributed by atoms with Gasteiger partial charge in [-0.15, -0.1) is 0 Å². The quantitative estimate of drug-likeness (QED) is 0.673. The van der Waals surface area contributed by atoms with Gasteiger partial charge in [0.1, 0.15) is 11.5 Å². The topological polar surface area (TPSA) is 58.4 Å². The molecule has 1 atom stereocenters. The van der Waals surface area contributed by atoms with E-state index in [0.717, 1.165) is 25.9 Å². The zero-order valence-electron chi connectivity index (χ0n) is 11.2. The summed E-state index contributed by atoms with van der Waals surface area (Å²) in [5.41, 5.74) is 0.319. The van der Waals surface area contributed by atoms with E-state index in [-0.39, 0.29) is 10.2 Å². The van der Waals surface area contributed by atoms with Crippen LogP contribution in [0.2, 0.25) is 0 Å². The van der Waals surface area contributed by atoms with E-state index in [9.17, 15) is 14.5 Å². The lowest BCUT2D eigenvalue weighted by atomic mass is 9.97. The largest absolute Gasteiger partial charge is 0.366 e. The van der Waals surface area contributed by atoms with Crippen molar-refractivity contribution in [1.82, 2.24) is 5.32 Å². The van der Waals surface area contributed by atoms with Crippen LogP contribution in [0.1, 0.15) is 12.8 Å². The van der Waals surface area contributed by atoms with Gasteiger partial charge >= 0.3 is 0 Å². The first-order valence-corrected chi connectivity index (χ1v) is 7.35. The van der Waals surface area contributed by atoms with E-state index in [0.29, 0.717) is 18.2 Å². The monoisotopic (exact) mass is 345 g/mol. The Balaban J connectivity index is 2.31. The molecule has 1 N–H and O–H groups in total. The molecule has 1 saturated heterocycles. The molecule has 7 heteroatoms. The molecule has 1 heterocycles. The number of benzene rings is 1. The van der Waals surface area contributed by atoms with Gasteiger partial charge in [0.2, 0.25) is 0 Å². The Morgan fingerprint density at radius 2 is 2.35 bits per heavy atom. The molecule has 0 aromatic heterocycles. The summed E-state index contributed by atoms with van der Waals surface area (Å²) in [6, 6.07) is 2.50. The first-order chi connectivity index (χ1) is 9.52. The van der Waals surface area contributed by atoms with Crippen LogP contribution >= 0.6 is 15.9 Å². The molecule has 1 unspecified atom stereocenters. The van der Waals surface area contributed by atoms with Crippen molar-refractivity contribution in [2.75, 3.05) is 31.6 Å². The van der Waals surface area contributed by atoms with Gasteiger partial charge < -0.3 is 10.2 Å². The maximum atomic E-state index is 13.7. The van der Waals surface area contributed by atoms with Crippen molar-refractivity contribution < 1.29 is 9.31 Å². The number of rotatable bonds is 4. The van der Waals surface area contributed by atoms with E-state index >= 15 is 0 Å². The van der Waals surface area contributed by atoms with E-state index in [1.54, 1.807) is 0 Å². The van der Waals surface area contributed by atoms with Crippen molar-refractivity contribution in [3.8, 4) is 0 Å². The van der Waals surface area contributed by atoms with Gasteiger partial charge in [-0.1, -0.05) is 0 Å². The van der Waals surface area contributed by atoms with E-state index < -0.39 is 10.7 Å². The molecule has 0 amide bonds.